The maximum atomic E-state index is 12.8. The summed E-state index contributed by atoms with van der Waals surface area (Å²) in [5.74, 6) is 0.843. The first-order valence-electron chi connectivity index (χ1n) is 10.4. The molecular formula is C24H32N2O3. The third kappa shape index (κ3) is 6.93. The third-order valence-electron chi connectivity index (χ3n) is 4.32. The molecule has 0 unspecified atom stereocenters. The van der Waals surface area contributed by atoms with Crippen LogP contribution in [-0.2, 0) is 0 Å². The monoisotopic (exact) mass is 396 g/mol. The molecule has 0 aliphatic carbocycles. The van der Waals surface area contributed by atoms with Gasteiger partial charge in [0.1, 0.15) is 5.75 Å². The molecule has 2 aromatic rings. The molecule has 29 heavy (non-hydrogen) atoms. The summed E-state index contributed by atoms with van der Waals surface area (Å²) in [6.07, 6.45) is 1.83. The number of nitrogens with zero attached hydrogens (tertiary/aromatic N) is 1. The molecule has 0 fully saturated rings. The van der Waals surface area contributed by atoms with E-state index in [0.29, 0.717) is 35.1 Å². The van der Waals surface area contributed by atoms with E-state index in [1.165, 1.54) is 0 Å². The van der Waals surface area contributed by atoms with E-state index in [-0.39, 0.29) is 11.8 Å². The summed E-state index contributed by atoms with van der Waals surface area (Å²) in [5.41, 5.74) is 1.70. The number of hydrogen-bond donors (Lipinski definition) is 1. The summed E-state index contributed by atoms with van der Waals surface area (Å²) >= 11 is 0. The van der Waals surface area contributed by atoms with Crippen LogP contribution < -0.4 is 10.1 Å². The standard InChI is InChI=1S/C24H32N2O3/c1-5-13-26(14-6-2)24(28)20-10-7-11-21(15-20)25-23(27)19-9-8-12-22(16-19)29-17-18(3)4/h7-12,15-16,18H,5-6,13-14,17H2,1-4H3,(H,25,27). The van der Waals surface area contributed by atoms with Crippen molar-refractivity contribution in [2.75, 3.05) is 25.0 Å². The summed E-state index contributed by atoms with van der Waals surface area (Å²) < 4.78 is 5.70. The van der Waals surface area contributed by atoms with Gasteiger partial charge in [-0.25, -0.2) is 0 Å². The van der Waals surface area contributed by atoms with Gasteiger partial charge < -0.3 is 15.0 Å². The molecule has 0 radical (unpaired) electrons. The number of anilines is 1. The van der Waals surface area contributed by atoms with Crippen molar-refractivity contribution in [2.24, 2.45) is 5.92 Å². The lowest BCUT2D eigenvalue weighted by Gasteiger charge is -2.21. The van der Waals surface area contributed by atoms with Gasteiger partial charge >= 0.3 is 0 Å². The number of rotatable bonds is 10. The SMILES string of the molecule is CCCN(CCC)C(=O)c1cccc(NC(=O)c2cccc(OCC(C)C)c2)c1. The molecule has 0 saturated carbocycles. The Bertz CT molecular complexity index is 811. The van der Waals surface area contributed by atoms with Crippen molar-refractivity contribution in [1.82, 2.24) is 4.90 Å². The Labute approximate surface area is 174 Å². The maximum Gasteiger partial charge on any atom is 0.255 e. The van der Waals surface area contributed by atoms with Crippen molar-refractivity contribution in [3.05, 3.63) is 59.7 Å². The van der Waals surface area contributed by atoms with Crippen LogP contribution >= 0.6 is 0 Å². The van der Waals surface area contributed by atoms with Crippen LogP contribution in [0.5, 0.6) is 5.75 Å². The van der Waals surface area contributed by atoms with Crippen LogP contribution in [0.3, 0.4) is 0 Å². The fourth-order valence-corrected chi connectivity index (χ4v) is 2.96. The van der Waals surface area contributed by atoms with Crippen LogP contribution in [0.1, 0.15) is 61.3 Å². The van der Waals surface area contributed by atoms with Gasteiger partial charge in [-0.05, 0) is 55.2 Å². The second-order valence-electron chi connectivity index (χ2n) is 7.56. The van der Waals surface area contributed by atoms with Crippen LogP contribution in [0.2, 0.25) is 0 Å². The molecule has 0 aromatic heterocycles. The zero-order valence-corrected chi connectivity index (χ0v) is 17.9. The highest BCUT2D eigenvalue weighted by molar-refractivity contribution is 6.05. The normalized spacial score (nSPS) is 10.7. The van der Waals surface area contributed by atoms with Gasteiger partial charge in [0.05, 0.1) is 6.61 Å². The summed E-state index contributed by atoms with van der Waals surface area (Å²) in [6, 6.07) is 14.2. The minimum Gasteiger partial charge on any atom is -0.493 e. The summed E-state index contributed by atoms with van der Waals surface area (Å²) in [7, 11) is 0. The molecule has 0 heterocycles. The van der Waals surface area contributed by atoms with E-state index in [9.17, 15) is 9.59 Å². The molecule has 0 atom stereocenters. The first kappa shape index (κ1) is 22.5. The summed E-state index contributed by atoms with van der Waals surface area (Å²) in [4.78, 5) is 27.3. The van der Waals surface area contributed by atoms with Gasteiger partial charge in [0.25, 0.3) is 11.8 Å². The van der Waals surface area contributed by atoms with Crippen molar-refractivity contribution in [2.45, 2.75) is 40.5 Å². The van der Waals surface area contributed by atoms with Crippen molar-refractivity contribution in [3.8, 4) is 5.75 Å². The largest absolute Gasteiger partial charge is 0.493 e. The Morgan fingerprint density at radius 3 is 2.28 bits per heavy atom. The highest BCUT2D eigenvalue weighted by atomic mass is 16.5. The van der Waals surface area contributed by atoms with Gasteiger partial charge in [0.15, 0.2) is 0 Å². The van der Waals surface area contributed by atoms with E-state index in [1.807, 2.05) is 11.0 Å². The Morgan fingerprint density at radius 2 is 1.62 bits per heavy atom. The predicted molar refractivity (Wildman–Crippen MR) is 118 cm³/mol. The molecule has 5 nitrogen and oxygen atoms in total. The number of nitrogens with one attached hydrogen (secondary N) is 1. The van der Waals surface area contributed by atoms with Crippen LogP contribution in [0.4, 0.5) is 5.69 Å². The second-order valence-corrected chi connectivity index (χ2v) is 7.56. The van der Waals surface area contributed by atoms with Gasteiger partial charge in [-0.15, -0.1) is 0 Å². The molecule has 0 aliphatic rings. The number of carbonyl (C=O) groups is 2. The molecule has 2 rings (SSSR count). The number of hydrogen-bond acceptors (Lipinski definition) is 3. The Morgan fingerprint density at radius 1 is 0.966 bits per heavy atom. The van der Waals surface area contributed by atoms with Crippen LogP contribution in [-0.4, -0.2) is 36.4 Å². The average molecular weight is 397 g/mol. The molecule has 0 saturated heterocycles. The lowest BCUT2D eigenvalue weighted by atomic mass is 10.1. The summed E-state index contributed by atoms with van der Waals surface area (Å²) in [5, 5.41) is 2.88. The minimum absolute atomic E-state index is 0.00567. The van der Waals surface area contributed by atoms with Gasteiger partial charge in [-0.1, -0.05) is 39.8 Å². The van der Waals surface area contributed by atoms with Crippen molar-refractivity contribution in [1.29, 1.82) is 0 Å². The lowest BCUT2D eigenvalue weighted by Crippen LogP contribution is -2.32. The fraction of sp³-hybridized carbons (Fsp3) is 0.417. The van der Waals surface area contributed by atoms with Crippen LogP contribution in [0, 0.1) is 5.92 Å². The summed E-state index contributed by atoms with van der Waals surface area (Å²) in [6.45, 7) is 10.3. The fourth-order valence-electron chi connectivity index (χ4n) is 2.96. The molecule has 1 N–H and O–H groups in total. The molecule has 0 spiro atoms. The first-order valence-corrected chi connectivity index (χ1v) is 10.4. The highest BCUT2D eigenvalue weighted by Gasteiger charge is 2.15. The molecule has 0 aliphatic heterocycles. The number of amides is 2. The molecule has 2 aromatic carbocycles. The van der Waals surface area contributed by atoms with Crippen LogP contribution in [0.25, 0.3) is 0 Å². The maximum absolute atomic E-state index is 12.8. The molecular weight excluding hydrogens is 364 g/mol. The first-order chi connectivity index (χ1) is 13.9. The van der Waals surface area contributed by atoms with Gasteiger partial charge in [0.2, 0.25) is 0 Å². The lowest BCUT2D eigenvalue weighted by molar-refractivity contribution is 0.0755. The molecule has 0 bridgehead atoms. The number of ether oxygens (including phenoxy) is 1. The Kier molecular flexibility index (Phi) is 8.71. The molecule has 5 heteroatoms. The van der Waals surface area contributed by atoms with Crippen molar-refractivity contribution in [3.63, 3.8) is 0 Å². The van der Waals surface area contributed by atoms with Gasteiger partial charge in [-0.3, -0.25) is 9.59 Å². The highest BCUT2D eigenvalue weighted by Crippen LogP contribution is 2.18. The van der Waals surface area contributed by atoms with E-state index in [0.717, 1.165) is 25.9 Å². The number of carbonyl (C=O) groups excluding carboxylic acids is 2. The smallest absolute Gasteiger partial charge is 0.255 e. The van der Waals surface area contributed by atoms with Crippen LogP contribution in [0.15, 0.2) is 48.5 Å². The van der Waals surface area contributed by atoms with E-state index < -0.39 is 0 Å². The Hall–Kier alpha value is -2.82. The Balaban J connectivity index is 2.10. The van der Waals surface area contributed by atoms with E-state index >= 15 is 0 Å². The topological polar surface area (TPSA) is 58.6 Å². The van der Waals surface area contributed by atoms with Crippen molar-refractivity contribution < 1.29 is 14.3 Å². The minimum atomic E-state index is -0.233. The van der Waals surface area contributed by atoms with Gasteiger partial charge in [-0.2, -0.15) is 0 Å². The molecule has 2 amide bonds. The average Bonchev–Trinajstić information content (AvgIpc) is 2.72. The van der Waals surface area contributed by atoms with E-state index in [4.69, 9.17) is 4.74 Å². The second kappa shape index (κ2) is 11.2. The third-order valence-corrected chi connectivity index (χ3v) is 4.32. The zero-order chi connectivity index (χ0) is 21.2. The van der Waals surface area contributed by atoms with E-state index in [1.54, 1.807) is 42.5 Å². The molecule has 156 valence electrons. The van der Waals surface area contributed by atoms with Gasteiger partial charge in [0, 0.05) is 29.9 Å². The van der Waals surface area contributed by atoms with Crippen molar-refractivity contribution >= 4 is 17.5 Å². The predicted octanol–water partition coefficient (Wildman–Crippen LogP) is 5.24. The zero-order valence-electron chi connectivity index (χ0n) is 17.9. The quantitative estimate of drug-likeness (QED) is 0.598. The van der Waals surface area contributed by atoms with E-state index in [2.05, 4.69) is 33.0 Å². The number of benzene rings is 2.